The third-order valence-electron chi connectivity index (χ3n) is 8.96. The molecule has 42 heavy (non-hydrogen) atoms. The molecule has 0 amide bonds. The van der Waals surface area contributed by atoms with Gasteiger partial charge in [0.1, 0.15) is 17.3 Å². The van der Waals surface area contributed by atoms with Crippen molar-refractivity contribution in [1.29, 1.82) is 0 Å². The summed E-state index contributed by atoms with van der Waals surface area (Å²) in [5.74, 6) is 0. The standard InChI is InChI=1S/C17H14Br2O3.C17H14Br2O/c18-9-1-3-11-12-4-2-10(19)6-14(12)17(13(11)5-9)7-15(20)16(21)8-22-17;18-11-3-5-13-14-6-4-12(19)10-16(14)17(15(13)9-11)7-1-2-8-20-17/h1-6,15-16,20-21H,7-8H2;3-6,9-10H,1-2,7-8H2. The minimum atomic E-state index is -0.836. The molecule has 2 saturated heterocycles. The molecule has 2 N–H and O–H groups in total. The highest BCUT2D eigenvalue weighted by molar-refractivity contribution is 9.11. The van der Waals surface area contributed by atoms with E-state index in [1.807, 2.05) is 24.3 Å². The lowest BCUT2D eigenvalue weighted by Crippen LogP contribution is -2.47. The van der Waals surface area contributed by atoms with Crippen molar-refractivity contribution in [2.24, 2.45) is 0 Å². The van der Waals surface area contributed by atoms with Gasteiger partial charge in [-0.1, -0.05) is 88.0 Å². The minimum absolute atomic E-state index is 0.124. The van der Waals surface area contributed by atoms with Gasteiger partial charge in [-0.15, -0.1) is 0 Å². The van der Waals surface area contributed by atoms with Crippen molar-refractivity contribution in [3.63, 3.8) is 0 Å². The molecule has 0 aromatic heterocycles. The van der Waals surface area contributed by atoms with Crippen LogP contribution >= 0.6 is 63.7 Å². The number of aliphatic hydroxyl groups excluding tert-OH is 2. The Balaban J connectivity index is 0.000000138. The molecule has 4 nitrogen and oxygen atoms in total. The van der Waals surface area contributed by atoms with Gasteiger partial charge in [0.05, 0.1) is 12.7 Å². The van der Waals surface area contributed by atoms with Crippen LogP contribution in [0.3, 0.4) is 0 Å². The van der Waals surface area contributed by atoms with Gasteiger partial charge < -0.3 is 19.7 Å². The van der Waals surface area contributed by atoms with Crippen LogP contribution in [0.1, 0.15) is 47.9 Å². The highest BCUT2D eigenvalue weighted by Gasteiger charge is 2.50. The molecule has 8 heteroatoms. The molecule has 2 aliphatic heterocycles. The zero-order valence-electron chi connectivity index (χ0n) is 22.5. The van der Waals surface area contributed by atoms with Crippen LogP contribution in [-0.4, -0.2) is 35.6 Å². The third-order valence-corrected chi connectivity index (χ3v) is 10.9. The van der Waals surface area contributed by atoms with Gasteiger partial charge in [-0.2, -0.15) is 0 Å². The Morgan fingerprint density at radius 1 is 0.548 bits per heavy atom. The predicted molar refractivity (Wildman–Crippen MR) is 179 cm³/mol. The molecule has 2 aliphatic carbocycles. The number of hydrogen-bond donors (Lipinski definition) is 2. The predicted octanol–water partition coefficient (Wildman–Crippen LogP) is 9.21. The fourth-order valence-corrected chi connectivity index (χ4v) is 8.50. The van der Waals surface area contributed by atoms with Gasteiger partial charge >= 0.3 is 0 Å². The summed E-state index contributed by atoms with van der Waals surface area (Å²) in [5, 5.41) is 20.1. The molecule has 0 saturated carbocycles. The lowest BCUT2D eigenvalue weighted by Gasteiger charge is -2.40. The second-order valence-corrected chi connectivity index (χ2v) is 15.0. The molecule has 0 bridgehead atoms. The summed E-state index contributed by atoms with van der Waals surface area (Å²) < 4.78 is 16.7. The van der Waals surface area contributed by atoms with Crippen LogP contribution in [0.25, 0.3) is 22.3 Å². The molecule has 2 unspecified atom stereocenters. The van der Waals surface area contributed by atoms with E-state index in [-0.39, 0.29) is 12.2 Å². The summed E-state index contributed by atoms with van der Waals surface area (Å²) in [7, 11) is 0. The molecular formula is C34H28Br4O4. The Labute approximate surface area is 279 Å². The van der Waals surface area contributed by atoms with Crippen molar-refractivity contribution < 1.29 is 19.7 Å². The summed E-state index contributed by atoms with van der Waals surface area (Å²) in [6.45, 7) is 0.969. The number of rotatable bonds is 0. The number of aliphatic hydroxyl groups is 2. The Hall–Kier alpha value is -1.36. The van der Waals surface area contributed by atoms with E-state index in [0.29, 0.717) is 6.42 Å². The second-order valence-electron chi connectivity index (χ2n) is 11.4. The molecule has 0 radical (unpaired) electrons. The Bertz CT molecular complexity index is 1590. The van der Waals surface area contributed by atoms with Crippen LogP contribution in [0.4, 0.5) is 0 Å². The van der Waals surface area contributed by atoms with Crippen molar-refractivity contribution in [2.45, 2.75) is 49.1 Å². The Kier molecular flexibility index (Phi) is 7.84. The maximum atomic E-state index is 10.2. The van der Waals surface area contributed by atoms with E-state index < -0.39 is 17.8 Å². The summed E-state index contributed by atoms with van der Waals surface area (Å²) >= 11 is 14.3. The van der Waals surface area contributed by atoms with Crippen LogP contribution in [0.5, 0.6) is 0 Å². The van der Waals surface area contributed by atoms with Gasteiger partial charge in [-0.3, -0.25) is 0 Å². The highest BCUT2D eigenvalue weighted by atomic mass is 79.9. The lowest BCUT2D eigenvalue weighted by atomic mass is 9.82. The first-order valence-electron chi connectivity index (χ1n) is 14.1. The molecule has 216 valence electrons. The van der Waals surface area contributed by atoms with Crippen LogP contribution in [0.2, 0.25) is 0 Å². The zero-order valence-corrected chi connectivity index (χ0v) is 28.9. The molecule has 4 aliphatic rings. The van der Waals surface area contributed by atoms with E-state index in [0.717, 1.165) is 59.6 Å². The number of benzene rings is 4. The first kappa shape index (κ1) is 29.4. The van der Waals surface area contributed by atoms with Gasteiger partial charge in [0.25, 0.3) is 0 Å². The summed E-state index contributed by atoms with van der Waals surface area (Å²) in [5.41, 5.74) is 8.66. The molecule has 2 spiro atoms. The molecule has 2 heterocycles. The highest BCUT2D eigenvalue weighted by Crippen LogP contribution is 2.56. The maximum Gasteiger partial charge on any atom is 0.122 e. The van der Waals surface area contributed by atoms with Crippen LogP contribution in [0, 0.1) is 0 Å². The second kappa shape index (κ2) is 11.2. The first-order chi connectivity index (χ1) is 20.2. The molecule has 2 fully saturated rings. The van der Waals surface area contributed by atoms with Gasteiger partial charge in [-0.25, -0.2) is 0 Å². The van der Waals surface area contributed by atoms with E-state index in [9.17, 15) is 10.2 Å². The van der Waals surface area contributed by atoms with Crippen molar-refractivity contribution in [3.8, 4) is 22.3 Å². The SMILES string of the molecule is Brc1ccc2c(c1)C1(CCCCO1)c1cc(Br)ccc1-2.OC1COC2(CC1O)c1cc(Br)ccc1-c1ccc(Br)cc12. The Morgan fingerprint density at radius 3 is 1.36 bits per heavy atom. The topological polar surface area (TPSA) is 58.9 Å². The maximum absolute atomic E-state index is 10.2. The van der Waals surface area contributed by atoms with Gasteiger partial charge in [0.15, 0.2) is 0 Å². The monoisotopic (exact) mass is 816 g/mol. The van der Waals surface area contributed by atoms with Crippen LogP contribution in [0.15, 0.2) is 90.7 Å². The number of fused-ring (bicyclic) bond motifs is 10. The van der Waals surface area contributed by atoms with Gasteiger partial charge in [0.2, 0.25) is 0 Å². The van der Waals surface area contributed by atoms with E-state index in [4.69, 9.17) is 9.47 Å². The quantitative estimate of drug-likeness (QED) is 0.186. The fraction of sp³-hybridized carbons (Fsp3) is 0.294. The van der Waals surface area contributed by atoms with E-state index in [2.05, 4.69) is 112 Å². The molecule has 4 aromatic carbocycles. The smallest absolute Gasteiger partial charge is 0.122 e. The third kappa shape index (κ3) is 4.72. The molecular weight excluding hydrogens is 792 g/mol. The molecule has 8 rings (SSSR count). The summed E-state index contributed by atoms with van der Waals surface area (Å²) in [4.78, 5) is 0. The first-order valence-corrected chi connectivity index (χ1v) is 17.2. The fourth-order valence-electron chi connectivity index (χ4n) is 7.06. The Morgan fingerprint density at radius 2 is 0.976 bits per heavy atom. The molecule has 2 atom stereocenters. The van der Waals surface area contributed by atoms with Crippen molar-refractivity contribution in [1.82, 2.24) is 0 Å². The van der Waals surface area contributed by atoms with Crippen molar-refractivity contribution in [3.05, 3.63) is 113 Å². The van der Waals surface area contributed by atoms with E-state index in [1.165, 1.54) is 28.7 Å². The largest absolute Gasteiger partial charge is 0.390 e. The van der Waals surface area contributed by atoms with Gasteiger partial charge in [0, 0.05) is 30.9 Å². The van der Waals surface area contributed by atoms with E-state index >= 15 is 0 Å². The van der Waals surface area contributed by atoms with Crippen molar-refractivity contribution >= 4 is 63.7 Å². The molecule has 4 aromatic rings. The van der Waals surface area contributed by atoms with Crippen molar-refractivity contribution in [2.75, 3.05) is 13.2 Å². The average Bonchev–Trinajstić information content (AvgIpc) is 3.37. The van der Waals surface area contributed by atoms with Gasteiger partial charge in [-0.05, 0) is 112 Å². The minimum Gasteiger partial charge on any atom is -0.390 e. The summed E-state index contributed by atoms with van der Waals surface area (Å²) in [6, 6.07) is 25.4. The number of halogens is 4. The van der Waals surface area contributed by atoms with Crippen LogP contribution in [-0.2, 0) is 20.7 Å². The normalized spacial score (nSPS) is 22.1. The summed E-state index contributed by atoms with van der Waals surface area (Å²) in [6.07, 6.45) is 2.16. The zero-order chi connectivity index (χ0) is 29.2. The number of ether oxygens (including phenoxy) is 2. The number of hydrogen-bond acceptors (Lipinski definition) is 4. The van der Waals surface area contributed by atoms with Crippen LogP contribution < -0.4 is 0 Å². The van der Waals surface area contributed by atoms with E-state index in [1.54, 1.807) is 0 Å². The average molecular weight is 820 g/mol. The lowest BCUT2D eigenvalue weighted by molar-refractivity contribution is -0.157.